The summed E-state index contributed by atoms with van der Waals surface area (Å²) in [4.78, 5) is 20.7. The number of ketones is 1. The molecule has 2 heterocycles. The van der Waals surface area contributed by atoms with Crippen LogP contribution in [0.25, 0.3) is 0 Å². The number of alkyl halides is 3. The minimum Gasteiger partial charge on any atom is -0.299 e. The van der Waals surface area contributed by atoms with Crippen LogP contribution in [0.5, 0.6) is 0 Å². The number of Topliss-reactive ketones (excluding diaryl/α,β-unsaturated/α-hetero) is 1. The van der Waals surface area contributed by atoms with E-state index in [0.717, 1.165) is 17.2 Å². The van der Waals surface area contributed by atoms with E-state index in [2.05, 4.69) is 9.97 Å². The Bertz CT molecular complexity index is 955. The molecule has 0 aliphatic heterocycles. The van der Waals surface area contributed by atoms with Gasteiger partial charge in [0.1, 0.15) is 5.78 Å². The Kier molecular flexibility index (Phi) is 5.87. The third-order valence-corrected chi connectivity index (χ3v) is 4.47. The van der Waals surface area contributed by atoms with E-state index in [1.165, 1.54) is 12.3 Å². The smallest absolute Gasteiger partial charge is 0.299 e. The van der Waals surface area contributed by atoms with Crippen molar-refractivity contribution in [2.24, 2.45) is 0 Å². The van der Waals surface area contributed by atoms with Gasteiger partial charge in [-0.2, -0.15) is 13.2 Å². The van der Waals surface area contributed by atoms with E-state index in [9.17, 15) is 18.0 Å². The first kappa shape index (κ1) is 19.7. The summed E-state index contributed by atoms with van der Waals surface area (Å²) in [6.45, 7) is 1.86. The van der Waals surface area contributed by atoms with Crippen LogP contribution in [0.3, 0.4) is 0 Å². The molecule has 3 aromatic rings. The molecule has 0 fully saturated rings. The summed E-state index contributed by atoms with van der Waals surface area (Å²) >= 11 is 0. The first-order chi connectivity index (χ1) is 13.3. The number of nitrogens with zero attached hydrogens (tertiary/aromatic N) is 2. The zero-order chi connectivity index (χ0) is 20.1. The normalized spacial score (nSPS) is 12.6. The van der Waals surface area contributed by atoms with Gasteiger partial charge in [0.15, 0.2) is 0 Å². The monoisotopic (exact) mass is 384 g/mol. The summed E-state index contributed by atoms with van der Waals surface area (Å²) in [5.41, 5.74) is 1.35. The lowest BCUT2D eigenvalue weighted by Crippen LogP contribution is -2.18. The summed E-state index contributed by atoms with van der Waals surface area (Å²) < 4.78 is 40.7. The van der Waals surface area contributed by atoms with Crippen molar-refractivity contribution in [1.29, 1.82) is 0 Å². The molecular weight excluding hydrogens is 365 g/mol. The SMILES string of the molecule is Cc1cccc([C@H](CC(=O)Cc2cccnc2)c2ncccc2C(F)(F)F)c1. The molecule has 0 unspecified atom stereocenters. The number of benzene rings is 1. The molecule has 0 bridgehead atoms. The molecule has 0 saturated carbocycles. The Morgan fingerprint density at radius 1 is 1.07 bits per heavy atom. The highest BCUT2D eigenvalue weighted by Crippen LogP contribution is 2.38. The predicted octanol–water partition coefficient (Wildman–Crippen LogP) is 5.14. The highest BCUT2D eigenvalue weighted by molar-refractivity contribution is 5.82. The first-order valence-electron chi connectivity index (χ1n) is 8.84. The van der Waals surface area contributed by atoms with Crippen molar-refractivity contribution in [3.8, 4) is 0 Å². The maximum Gasteiger partial charge on any atom is 0.418 e. The Balaban J connectivity index is 1.99. The number of pyridine rings is 2. The van der Waals surface area contributed by atoms with Gasteiger partial charge in [-0.05, 0) is 36.2 Å². The van der Waals surface area contributed by atoms with Crippen LogP contribution in [-0.2, 0) is 17.4 Å². The standard InChI is InChI=1S/C22H19F3N2O/c1-15-5-2-7-17(11-15)19(13-18(28)12-16-6-3-9-26-14-16)21-20(22(23,24)25)8-4-10-27-21/h2-11,14,19H,12-13H2,1H3/t19-/m0/s1. The quantitative estimate of drug-likeness (QED) is 0.591. The average Bonchev–Trinajstić information content (AvgIpc) is 2.66. The molecule has 1 aromatic carbocycles. The number of rotatable bonds is 6. The van der Waals surface area contributed by atoms with Gasteiger partial charge in [-0.1, -0.05) is 35.9 Å². The average molecular weight is 384 g/mol. The summed E-state index contributed by atoms with van der Waals surface area (Å²) in [5.74, 6) is -0.944. The maximum atomic E-state index is 13.6. The van der Waals surface area contributed by atoms with Gasteiger partial charge in [0, 0.05) is 37.4 Å². The third-order valence-electron chi connectivity index (χ3n) is 4.47. The van der Waals surface area contributed by atoms with Gasteiger partial charge in [-0.25, -0.2) is 0 Å². The van der Waals surface area contributed by atoms with Crippen LogP contribution in [0.15, 0.2) is 67.1 Å². The third kappa shape index (κ3) is 4.82. The van der Waals surface area contributed by atoms with E-state index in [1.54, 1.807) is 42.7 Å². The number of aryl methyl sites for hydroxylation is 1. The number of carbonyl (C=O) groups excluding carboxylic acids is 1. The molecule has 6 heteroatoms. The molecule has 0 spiro atoms. The van der Waals surface area contributed by atoms with Gasteiger partial charge in [-0.3, -0.25) is 14.8 Å². The van der Waals surface area contributed by atoms with Crippen LogP contribution in [-0.4, -0.2) is 15.8 Å². The van der Waals surface area contributed by atoms with Gasteiger partial charge in [0.05, 0.1) is 11.3 Å². The predicted molar refractivity (Wildman–Crippen MR) is 99.8 cm³/mol. The van der Waals surface area contributed by atoms with Gasteiger partial charge in [0.25, 0.3) is 0 Å². The highest BCUT2D eigenvalue weighted by Gasteiger charge is 2.36. The molecule has 2 aromatic heterocycles. The van der Waals surface area contributed by atoms with Gasteiger partial charge in [-0.15, -0.1) is 0 Å². The van der Waals surface area contributed by atoms with Crippen LogP contribution in [0.2, 0.25) is 0 Å². The maximum absolute atomic E-state index is 13.6. The zero-order valence-corrected chi connectivity index (χ0v) is 15.3. The van der Waals surface area contributed by atoms with Crippen molar-refractivity contribution >= 4 is 5.78 Å². The van der Waals surface area contributed by atoms with Gasteiger partial charge in [0.2, 0.25) is 0 Å². The minimum atomic E-state index is -4.54. The largest absolute Gasteiger partial charge is 0.418 e. The topological polar surface area (TPSA) is 42.9 Å². The zero-order valence-electron chi connectivity index (χ0n) is 15.3. The Morgan fingerprint density at radius 3 is 2.54 bits per heavy atom. The van der Waals surface area contributed by atoms with E-state index in [0.29, 0.717) is 5.56 Å². The van der Waals surface area contributed by atoms with E-state index in [1.807, 2.05) is 13.0 Å². The number of carbonyl (C=O) groups is 1. The van der Waals surface area contributed by atoms with Crippen LogP contribution >= 0.6 is 0 Å². The van der Waals surface area contributed by atoms with E-state index in [4.69, 9.17) is 0 Å². The summed E-state index contributed by atoms with van der Waals surface area (Å²) in [6, 6.07) is 12.9. The molecule has 3 nitrogen and oxygen atoms in total. The second kappa shape index (κ2) is 8.33. The molecular formula is C22H19F3N2O. The number of aromatic nitrogens is 2. The Hall–Kier alpha value is -3.02. The molecule has 144 valence electrons. The lowest BCUT2D eigenvalue weighted by atomic mass is 9.86. The van der Waals surface area contributed by atoms with E-state index < -0.39 is 17.7 Å². The Labute approximate surface area is 161 Å². The minimum absolute atomic E-state index is 0.0710. The molecule has 0 amide bonds. The van der Waals surface area contributed by atoms with Crippen molar-refractivity contribution in [2.45, 2.75) is 31.9 Å². The molecule has 28 heavy (non-hydrogen) atoms. The second-order valence-electron chi connectivity index (χ2n) is 6.68. The summed E-state index contributed by atoms with van der Waals surface area (Å²) in [7, 11) is 0. The van der Waals surface area contributed by atoms with Crippen molar-refractivity contribution in [2.75, 3.05) is 0 Å². The summed E-state index contributed by atoms with van der Waals surface area (Å²) in [5, 5.41) is 0. The van der Waals surface area contributed by atoms with Crippen LogP contribution in [0, 0.1) is 6.92 Å². The van der Waals surface area contributed by atoms with Gasteiger partial charge >= 0.3 is 6.18 Å². The lowest BCUT2D eigenvalue weighted by molar-refractivity contribution is -0.138. The van der Waals surface area contributed by atoms with Crippen LogP contribution in [0.4, 0.5) is 13.2 Å². The molecule has 1 atom stereocenters. The molecule has 0 saturated heterocycles. The Morgan fingerprint density at radius 2 is 1.86 bits per heavy atom. The molecule has 0 N–H and O–H groups in total. The van der Waals surface area contributed by atoms with Crippen molar-refractivity contribution in [1.82, 2.24) is 9.97 Å². The fourth-order valence-corrected chi connectivity index (χ4v) is 3.22. The van der Waals surface area contributed by atoms with E-state index in [-0.39, 0.29) is 24.3 Å². The van der Waals surface area contributed by atoms with Crippen LogP contribution < -0.4 is 0 Å². The highest BCUT2D eigenvalue weighted by atomic mass is 19.4. The molecule has 0 aliphatic carbocycles. The van der Waals surface area contributed by atoms with E-state index >= 15 is 0 Å². The lowest BCUT2D eigenvalue weighted by Gasteiger charge is -2.21. The molecule has 0 aliphatic rings. The molecule has 0 radical (unpaired) electrons. The molecule has 3 rings (SSSR count). The first-order valence-corrected chi connectivity index (χ1v) is 8.84. The summed E-state index contributed by atoms with van der Waals surface area (Å²) in [6.07, 6.45) is 0.0221. The van der Waals surface area contributed by atoms with Crippen LogP contribution in [0.1, 0.15) is 40.3 Å². The number of halogens is 3. The second-order valence-corrected chi connectivity index (χ2v) is 6.68. The van der Waals surface area contributed by atoms with Gasteiger partial charge < -0.3 is 0 Å². The number of hydrogen-bond donors (Lipinski definition) is 0. The van der Waals surface area contributed by atoms with Crippen molar-refractivity contribution in [3.63, 3.8) is 0 Å². The van der Waals surface area contributed by atoms with Crippen molar-refractivity contribution < 1.29 is 18.0 Å². The van der Waals surface area contributed by atoms with Crippen molar-refractivity contribution in [3.05, 3.63) is 95.1 Å². The number of hydrogen-bond acceptors (Lipinski definition) is 3. The fraction of sp³-hybridized carbons (Fsp3) is 0.227. The fourth-order valence-electron chi connectivity index (χ4n) is 3.22.